The fraction of sp³-hybridized carbons (Fsp3) is 0.292. The molecule has 5 nitrogen and oxygen atoms in total. The average molecular weight is 451 g/mol. The van der Waals surface area contributed by atoms with Crippen molar-refractivity contribution in [3.63, 3.8) is 0 Å². The highest BCUT2D eigenvalue weighted by atomic mass is 35.5. The molecule has 2 aromatic carbocycles. The Morgan fingerprint density at radius 1 is 1.03 bits per heavy atom. The van der Waals surface area contributed by atoms with Crippen LogP contribution in [0.15, 0.2) is 64.2 Å². The number of nitrogens with zero attached hydrogens (tertiary/aromatic N) is 4. The quantitative estimate of drug-likeness (QED) is 0.297. The van der Waals surface area contributed by atoms with E-state index in [0.717, 1.165) is 46.4 Å². The average Bonchev–Trinajstić information content (AvgIpc) is 3.53. The molecule has 0 atom stereocenters. The van der Waals surface area contributed by atoms with Gasteiger partial charge in [-0.3, -0.25) is 4.57 Å². The van der Waals surface area contributed by atoms with E-state index in [1.54, 1.807) is 11.8 Å². The highest BCUT2D eigenvalue weighted by Gasteiger charge is 2.26. The zero-order valence-corrected chi connectivity index (χ0v) is 18.9. The van der Waals surface area contributed by atoms with E-state index in [4.69, 9.17) is 21.0 Å². The van der Waals surface area contributed by atoms with Crippen LogP contribution >= 0.6 is 23.4 Å². The zero-order valence-electron chi connectivity index (χ0n) is 17.3. The predicted octanol–water partition coefficient (Wildman–Crippen LogP) is 6.97. The van der Waals surface area contributed by atoms with Crippen molar-refractivity contribution in [3.8, 4) is 22.8 Å². The maximum absolute atomic E-state index is 6.49. The molecular weight excluding hydrogens is 428 g/mol. The Morgan fingerprint density at radius 3 is 2.55 bits per heavy atom. The molecule has 0 saturated heterocycles. The van der Waals surface area contributed by atoms with Gasteiger partial charge >= 0.3 is 0 Å². The largest absolute Gasteiger partial charge is 0.441 e. The summed E-state index contributed by atoms with van der Waals surface area (Å²) in [6.45, 7) is 1.96. The summed E-state index contributed by atoms with van der Waals surface area (Å²) in [6, 6.07) is 18.2. The SMILES string of the molecule is Cc1oc(-c2ccccc2)nc1CSc1nnc(-c2ccccc2Cl)n1C1CCCC1. The van der Waals surface area contributed by atoms with Crippen LogP contribution < -0.4 is 0 Å². The Hall–Kier alpha value is -2.57. The van der Waals surface area contributed by atoms with Gasteiger partial charge < -0.3 is 4.42 Å². The first-order valence-electron chi connectivity index (χ1n) is 10.5. The molecule has 0 N–H and O–H groups in total. The van der Waals surface area contributed by atoms with Gasteiger partial charge in [0.05, 0.1) is 10.7 Å². The lowest BCUT2D eigenvalue weighted by Crippen LogP contribution is -2.08. The van der Waals surface area contributed by atoms with Gasteiger partial charge in [-0.15, -0.1) is 10.2 Å². The Bertz CT molecular complexity index is 1180. The minimum Gasteiger partial charge on any atom is -0.441 e. The van der Waals surface area contributed by atoms with E-state index in [9.17, 15) is 0 Å². The number of halogens is 1. The molecule has 0 aliphatic heterocycles. The highest BCUT2D eigenvalue weighted by Crippen LogP contribution is 2.39. The van der Waals surface area contributed by atoms with Crippen LogP contribution in [0.3, 0.4) is 0 Å². The molecule has 0 bridgehead atoms. The van der Waals surface area contributed by atoms with Gasteiger partial charge in [-0.1, -0.05) is 66.5 Å². The highest BCUT2D eigenvalue weighted by molar-refractivity contribution is 7.98. The van der Waals surface area contributed by atoms with Crippen LogP contribution in [0, 0.1) is 6.92 Å². The Balaban J connectivity index is 1.44. The molecule has 1 aliphatic rings. The molecule has 5 rings (SSSR count). The van der Waals surface area contributed by atoms with Gasteiger partial charge in [-0.25, -0.2) is 4.98 Å². The van der Waals surface area contributed by atoms with Crippen molar-refractivity contribution in [2.75, 3.05) is 0 Å². The van der Waals surface area contributed by atoms with Crippen molar-refractivity contribution < 1.29 is 4.42 Å². The molecule has 4 aromatic rings. The first-order valence-corrected chi connectivity index (χ1v) is 11.9. The summed E-state index contributed by atoms with van der Waals surface area (Å²) in [5, 5.41) is 10.7. The number of benzene rings is 2. The van der Waals surface area contributed by atoms with Crippen molar-refractivity contribution in [2.24, 2.45) is 0 Å². The standard InChI is InChI=1S/C24H23ClN4OS/c1-16-21(26-23(30-16)17-9-3-2-4-10-17)15-31-24-28-27-22(19-13-7-8-14-20(19)25)29(24)18-11-5-6-12-18/h2-4,7-10,13-14,18H,5-6,11-12,15H2,1H3. The second kappa shape index (κ2) is 8.89. The maximum atomic E-state index is 6.49. The fourth-order valence-corrected chi connectivity index (χ4v) is 5.32. The summed E-state index contributed by atoms with van der Waals surface area (Å²) in [5.41, 5.74) is 2.85. The molecule has 0 amide bonds. The molecule has 0 spiro atoms. The second-order valence-electron chi connectivity index (χ2n) is 7.77. The molecule has 1 saturated carbocycles. The van der Waals surface area contributed by atoms with Crippen molar-refractivity contribution in [1.29, 1.82) is 0 Å². The number of hydrogen-bond donors (Lipinski definition) is 0. The molecule has 0 unspecified atom stereocenters. The molecule has 7 heteroatoms. The molecule has 31 heavy (non-hydrogen) atoms. The minimum atomic E-state index is 0.405. The van der Waals surface area contributed by atoms with Crippen LogP contribution in [0.4, 0.5) is 0 Å². The van der Waals surface area contributed by atoms with Crippen LogP contribution in [0.5, 0.6) is 0 Å². The van der Waals surface area contributed by atoms with E-state index < -0.39 is 0 Å². The fourth-order valence-electron chi connectivity index (χ4n) is 4.09. The smallest absolute Gasteiger partial charge is 0.226 e. The van der Waals surface area contributed by atoms with E-state index >= 15 is 0 Å². The van der Waals surface area contributed by atoms with Crippen molar-refractivity contribution in [1.82, 2.24) is 19.7 Å². The maximum Gasteiger partial charge on any atom is 0.226 e. The molecule has 1 fully saturated rings. The molecule has 1 aliphatic carbocycles. The first-order chi connectivity index (χ1) is 15.2. The van der Waals surface area contributed by atoms with Crippen molar-refractivity contribution in [3.05, 3.63) is 71.1 Å². The lowest BCUT2D eigenvalue weighted by molar-refractivity contribution is 0.485. The summed E-state index contributed by atoms with van der Waals surface area (Å²) in [5.74, 6) is 3.02. The summed E-state index contributed by atoms with van der Waals surface area (Å²) < 4.78 is 8.21. The van der Waals surface area contributed by atoms with Crippen LogP contribution in [0.2, 0.25) is 5.02 Å². The van der Waals surface area contributed by atoms with E-state index in [0.29, 0.717) is 22.7 Å². The monoisotopic (exact) mass is 450 g/mol. The van der Waals surface area contributed by atoms with Gasteiger partial charge in [0.25, 0.3) is 0 Å². The lowest BCUT2D eigenvalue weighted by Gasteiger charge is -2.17. The molecule has 2 aromatic heterocycles. The van der Waals surface area contributed by atoms with Gasteiger partial charge in [-0.05, 0) is 44.0 Å². The summed E-state index contributed by atoms with van der Waals surface area (Å²) in [7, 11) is 0. The Kier molecular flexibility index (Phi) is 5.83. The zero-order chi connectivity index (χ0) is 21.2. The minimum absolute atomic E-state index is 0.405. The van der Waals surface area contributed by atoms with Crippen molar-refractivity contribution in [2.45, 2.75) is 49.6 Å². The van der Waals surface area contributed by atoms with Gasteiger partial charge in [0, 0.05) is 22.9 Å². The second-order valence-corrected chi connectivity index (χ2v) is 9.12. The summed E-state index contributed by atoms with van der Waals surface area (Å²) in [4.78, 5) is 4.74. The van der Waals surface area contributed by atoms with E-state index in [2.05, 4.69) is 14.8 Å². The molecule has 2 heterocycles. The lowest BCUT2D eigenvalue weighted by atomic mass is 10.2. The van der Waals surface area contributed by atoms with E-state index in [-0.39, 0.29) is 0 Å². The Morgan fingerprint density at radius 2 is 1.77 bits per heavy atom. The third-order valence-electron chi connectivity index (χ3n) is 5.72. The predicted molar refractivity (Wildman–Crippen MR) is 124 cm³/mol. The van der Waals surface area contributed by atoms with Gasteiger partial charge in [0.2, 0.25) is 5.89 Å². The van der Waals surface area contributed by atoms with E-state index in [1.165, 1.54) is 12.8 Å². The first kappa shape index (κ1) is 20.3. The number of aromatic nitrogens is 4. The van der Waals surface area contributed by atoms with Crippen LogP contribution in [0.1, 0.15) is 43.2 Å². The number of thioether (sulfide) groups is 1. The Labute approximate surface area is 190 Å². The van der Waals surface area contributed by atoms with Gasteiger partial charge in [-0.2, -0.15) is 0 Å². The number of hydrogen-bond acceptors (Lipinski definition) is 5. The molecular formula is C24H23ClN4OS. The van der Waals surface area contributed by atoms with Crippen LogP contribution in [-0.4, -0.2) is 19.7 Å². The summed E-state index contributed by atoms with van der Waals surface area (Å²) >= 11 is 8.15. The topological polar surface area (TPSA) is 56.7 Å². The van der Waals surface area contributed by atoms with Crippen molar-refractivity contribution >= 4 is 23.4 Å². The van der Waals surface area contributed by atoms with Gasteiger partial charge in [0.15, 0.2) is 11.0 Å². The van der Waals surface area contributed by atoms with Crippen LogP contribution in [-0.2, 0) is 5.75 Å². The molecule has 0 radical (unpaired) electrons. The number of rotatable bonds is 6. The third kappa shape index (κ3) is 4.14. The number of aryl methyl sites for hydroxylation is 1. The third-order valence-corrected chi connectivity index (χ3v) is 7.00. The molecule has 158 valence electrons. The van der Waals surface area contributed by atoms with Crippen LogP contribution in [0.25, 0.3) is 22.8 Å². The number of oxazole rings is 1. The normalized spacial score (nSPS) is 14.4. The van der Waals surface area contributed by atoms with Gasteiger partial charge in [0.1, 0.15) is 5.76 Å². The summed E-state index contributed by atoms with van der Waals surface area (Å²) in [6.07, 6.45) is 4.75. The van der Waals surface area contributed by atoms with E-state index in [1.807, 2.05) is 61.5 Å².